The molecule has 4 nitrogen and oxygen atoms in total. The van der Waals surface area contributed by atoms with Crippen LogP contribution in [0.4, 0.5) is 0 Å². The molecule has 2 atom stereocenters. The fraction of sp³-hybridized carbons (Fsp3) is 0.846. The van der Waals surface area contributed by atoms with Gasteiger partial charge >= 0.3 is 0 Å². The molecule has 19 heavy (non-hydrogen) atoms. The molecule has 3 aliphatic rings. The van der Waals surface area contributed by atoms with Gasteiger partial charge in [0.2, 0.25) is 0 Å². The van der Waals surface area contributed by atoms with Crippen LogP contribution in [0.2, 0.25) is 0 Å². The monoisotopic (exact) mass is 299 g/mol. The molecule has 3 aliphatic heterocycles. The van der Waals surface area contributed by atoms with Crippen molar-refractivity contribution in [3.05, 3.63) is 5.69 Å². The Morgan fingerprint density at radius 2 is 2.21 bits per heavy atom. The molecule has 2 bridgehead atoms. The minimum Gasteiger partial charge on any atom is -0.393 e. The fourth-order valence-corrected chi connectivity index (χ4v) is 5.00. The topological polar surface area (TPSA) is 49.3 Å². The first-order valence-electron chi connectivity index (χ1n) is 7.09. The van der Waals surface area contributed by atoms with Gasteiger partial charge in [-0.15, -0.1) is 11.8 Å². The molecule has 0 radical (unpaired) electrons. The first kappa shape index (κ1) is 13.8. The zero-order valence-corrected chi connectivity index (χ0v) is 12.9. The Bertz CT molecular complexity index is 416. The summed E-state index contributed by atoms with van der Waals surface area (Å²) >= 11 is 3.11. The Morgan fingerprint density at radius 3 is 2.84 bits per heavy atom. The third-order valence-corrected chi connectivity index (χ3v) is 5.94. The molecule has 0 aromatic carbocycles. The Balaban J connectivity index is 1.66. The molecule has 0 spiro atoms. The molecule has 1 N–H and O–H groups in total. The standard InChI is InChI=1S/C13H21N3OS2/c1-9(17)4-7-18-13-12(14-19-15-13)11-8-16-5-2-10(11)3-6-16/h9-11,17H,2-8H2,1H3. The van der Waals surface area contributed by atoms with Crippen LogP contribution in [-0.2, 0) is 0 Å². The van der Waals surface area contributed by atoms with Gasteiger partial charge in [-0.05, 0) is 45.2 Å². The van der Waals surface area contributed by atoms with Crippen molar-refractivity contribution in [1.82, 2.24) is 13.6 Å². The van der Waals surface area contributed by atoms with Crippen LogP contribution in [0.25, 0.3) is 0 Å². The van der Waals surface area contributed by atoms with Crippen molar-refractivity contribution in [2.75, 3.05) is 25.4 Å². The Kier molecular flexibility index (Phi) is 4.41. The summed E-state index contributed by atoms with van der Waals surface area (Å²) in [5, 5.41) is 10.4. The van der Waals surface area contributed by atoms with Gasteiger partial charge in [0.15, 0.2) is 0 Å². The maximum Gasteiger partial charge on any atom is 0.134 e. The summed E-state index contributed by atoms with van der Waals surface area (Å²) in [6.45, 7) is 5.54. The van der Waals surface area contributed by atoms with Crippen LogP contribution >= 0.6 is 23.5 Å². The van der Waals surface area contributed by atoms with Gasteiger partial charge in [0.05, 0.1) is 23.5 Å². The number of aromatic nitrogens is 2. The van der Waals surface area contributed by atoms with Crippen LogP contribution in [0, 0.1) is 5.92 Å². The number of aliphatic hydroxyl groups excluding tert-OH is 1. The second-order valence-electron chi connectivity index (χ2n) is 5.69. The molecule has 106 valence electrons. The first-order chi connectivity index (χ1) is 9.24. The zero-order valence-electron chi connectivity index (χ0n) is 11.3. The second-order valence-corrected chi connectivity index (χ2v) is 7.30. The lowest BCUT2D eigenvalue weighted by atomic mass is 9.78. The molecule has 3 saturated heterocycles. The number of rotatable bonds is 5. The largest absolute Gasteiger partial charge is 0.393 e. The highest BCUT2D eigenvalue weighted by atomic mass is 32.2. The molecule has 4 rings (SSSR count). The molecule has 0 aliphatic carbocycles. The second kappa shape index (κ2) is 6.08. The smallest absolute Gasteiger partial charge is 0.134 e. The molecular formula is C13H21N3OS2. The van der Waals surface area contributed by atoms with Crippen LogP contribution in [0.15, 0.2) is 5.03 Å². The molecule has 6 heteroatoms. The molecule has 0 saturated carbocycles. The average molecular weight is 299 g/mol. The van der Waals surface area contributed by atoms with E-state index in [9.17, 15) is 5.11 Å². The summed E-state index contributed by atoms with van der Waals surface area (Å²) < 4.78 is 9.04. The van der Waals surface area contributed by atoms with Gasteiger partial charge in [0.25, 0.3) is 0 Å². The van der Waals surface area contributed by atoms with Crippen molar-refractivity contribution in [1.29, 1.82) is 0 Å². The fourth-order valence-electron chi connectivity index (χ4n) is 3.11. The highest BCUT2D eigenvalue weighted by Crippen LogP contribution is 2.41. The number of thioether (sulfide) groups is 1. The van der Waals surface area contributed by atoms with E-state index >= 15 is 0 Å². The van der Waals surface area contributed by atoms with Gasteiger partial charge in [0, 0.05) is 18.2 Å². The molecule has 1 aromatic rings. The van der Waals surface area contributed by atoms with Gasteiger partial charge < -0.3 is 10.0 Å². The predicted octanol–water partition coefficient (Wildman–Crippen LogP) is 2.21. The first-order valence-corrected chi connectivity index (χ1v) is 8.81. The van der Waals surface area contributed by atoms with E-state index in [0.29, 0.717) is 5.92 Å². The molecule has 1 aromatic heterocycles. The van der Waals surface area contributed by atoms with Crippen LogP contribution < -0.4 is 0 Å². The van der Waals surface area contributed by atoms with Crippen LogP contribution in [0.5, 0.6) is 0 Å². The lowest BCUT2D eigenvalue weighted by Gasteiger charge is -2.44. The summed E-state index contributed by atoms with van der Waals surface area (Å²) in [5.41, 5.74) is 1.23. The van der Waals surface area contributed by atoms with Crippen molar-refractivity contribution in [3.8, 4) is 0 Å². The van der Waals surface area contributed by atoms with Crippen molar-refractivity contribution in [2.24, 2.45) is 5.92 Å². The third-order valence-electron chi connectivity index (χ3n) is 4.26. The molecule has 2 unspecified atom stereocenters. The Morgan fingerprint density at radius 1 is 1.42 bits per heavy atom. The van der Waals surface area contributed by atoms with Crippen molar-refractivity contribution in [2.45, 2.75) is 43.2 Å². The van der Waals surface area contributed by atoms with E-state index in [1.54, 1.807) is 11.8 Å². The van der Waals surface area contributed by atoms with E-state index in [2.05, 4.69) is 13.6 Å². The molecular weight excluding hydrogens is 278 g/mol. The van der Waals surface area contributed by atoms with Crippen molar-refractivity contribution in [3.63, 3.8) is 0 Å². The van der Waals surface area contributed by atoms with E-state index in [1.165, 1.54) is 49.9 Å². The van der Waals surface area contributed by atoms with E-state index < -0.39 is 0 Å². The van der Waals surface area contributed by atoms with Gasteiger partial charge in [-0.25, -0.2) is 0 Å². The molecule has 3 fully saturated rings. The van der Waals surface area contributed by atoms with Gasteiger partial charge in [-0.1, -0.05) is 0 Å². The van der Waals surface area contributed by atoms with E-state index in [4.69, 9.17) is 0 Å². The Labute approximate surface area is 122 Å². The number of nitrogens with zero attached hydrogens (tertiary/aromatic N) is 3. The third kappa shape index (κ3) is 3.12. The van der Waals surface area contributed by atoms with Gasteiger partial charge in [-0.3, -0.25) is 0 Å². The summed E-state index contributed by atoms with van der Waals surface area (Å²) in [6, 6.07) is 0. The van der Waals surface area contributed by atoms with E-state index in [1.807, 2.05) is 6.92 Å². The van der Waals surface area contributed by atoms with E-state index in [-0.39, 0.29) is 6.10 Å². The number of aliphatic hydroxyl groups is 1. The summed E-state index contributed by atoms with van der Waals surface area (Å²) in [7, 11) is 0. The van der Waals surface area contributed by atoms with E-state index in [0.717, 1.165) is 23.1 Å². The maximum atomic E-state index is 9.33. The summed E-state index contributed by atoms with van der Waals surface area (Å²) in [5.74, 6) is 2.33. The lowest BCUT2D eigenvalue weighted by molar-refractivity contribution is 0.0846. The average Bonchev–Trinajstić information content (AvgIpc) is 2.88. The number of hydrogen-bond acceptors (Lipinski definition) is 6. The summed E-state index contributed by atoms with van der Waals surface area (Å²) in [6.07, 6.45) is 3.24. The quantitative estimate of drug-likeness (QED) is 0.845. The highest BCUT2D eigenvalue weighted by molar-refractivity contribution is 7.99. The Hall–Kier alpha value is -0.170. The number of piperidine rings is 3. The maximum absolute atomic E-state index is 9.33. The minimum absolute atomic E-state index is 0.223. The normalized spacial score (nSPS) is 31.6. The van der Waals surface area contributed by atoms with Crippen LogP contribution in [0.3, 0.4) is 0 Å². The van der Waals surface area contributed by atoms with Crippen LogP contribution in [-0.4, -0.2) is 50.2 Å². The number of fused-ring (bicyclic) bond motifs is 3. The van der Waals surface area contributed by atoms with Crippen molar-refractivity contribution < 1.29 is 5.11 Å². The molecule has 0 amide bonds. The van der Waals surface area contributed by atoms with Crippen molar-refractivity contribution >= 4 is 23.5 Å². The van der Waals surface area contributed by atoms with Crippen LogP contribution in [0.1, 0.15) is 37.8 Å². The van der Waals surface area contributed by atoms with Gasteiger partial charge in [-0.2, -0.15) is 8.75 Å². The predicted molar refractivity (Wildman–Crippen MR) is 78.8 cm³/mol. The molecule has 4 heterocycles. The number of hydrogen-bond donors (Lipinski definition) is 1. The lowest BCUT2D eigenvalue weighted by Crippen LogP contribution is -2.46. The SMILES string of the molecule is CC(O)CCSc1nsnc1C1CN2CCC1CC2. The highest BCUT2D eigenvalue weighted by Gasteiger charge is 2.37. The van der Waals surface area contributed by atoms with Gasteiger partial charge in [0.1, 0.15) is 5.03 Å². The zero-order chi connectivity index (χ0) is 13.2. The minimum atomic E-state index is -0.223. The summed E-state index contributed by atoms with van der Waals surface area (Å²) in [4.78, 5) is 2.56.